The lowest BCUT2D eigenvalue weighted by Gasteiger charge is -2.26. The number of fused-ring (bicyclic) bond motifs is 1. The smallest absolute Gasteiger partial charge is 0.0638 e. The predicted octanol–water partition coefficient (Wildman–Crippen LogP) is 3.35. The van der Waals surface area contributed by atoms with Crippen LogP contribution in [0.1, 0.15) is 35.0 Å². The second-order valence-electron chi connectivity index (χ2n) is 5.02. The predicted molar refractivity (Wildman–Crippen MR) is 79.4 cm³/mol. The van der Waals surface area contributed by atoms with Crippen molar-refractivity contribution >= 4 is 11.8 Å². The summed E-state index contributed by atoms with van der Waals surface area (Å²) in [6.45, 7) is 5.03. The molecule has 100 valence electrons. The molecule has 3 rings (SSSR count). The Hall–Kier alpha value is -1.26. The third-order valence-electron chi connectivity index (χ3n) is 3.76. The first kappa shape index (κ1) is 12.8. The largest absolute Gasteiger partial charge is 0.306 e. The Bertz CT molecular complexity index is 557. The van der Waals surface area contributed by atoms with Crippen molar-refractivity contribution in [3.63, 3.8) is 0 Å². The summed E-state index contributed by atoms with van der Waals surface area (Å²) in [7, 11) is 0. The zero-order valence-electron chi connectivity index (χ0n) is 11.4. The monoisotopic (exact) mass is 273 g/mol. The number of H-pyrrole nitrogens is 1. The molecule has 1 aromatic heterocycles. The number of aromatic nitrogens is 2. The summed E-state index contributed by atoms with van der Waals surface area (Å²) in [4.78, 5) is 1.42. The quantitative estimate of drug-likeness (QED) is 0.901. The van der Waals surface area contributed by atoms with E-state index in [1.165, 1.54) is 33.9 Å². The first-order valence-corrected chi connectivity index (χ1v) is 7.70. The zero-order chi connectivity index (χ0) is 13.2. The van der Waals surface area contributed by atoms with Gasteiger partial charge in [0, 0.05) is 28.7 Å². The second-order valence-corrected chi connectivity index (χ2v) is 6.16. The normalized spacial score (nSPS) is 18.3. The number of aromatic amines is 1. The molecular weight excluding hydrogens is 254 g/mol. The van der Waals surface area contributed by atoms with Crippen LogP contribution in [0.15, 0.2) is 29.2 Å². The van der Waals surface area contributed by atoms with Crippen molar-refractivity contribution in [1.29, 1.82) is 0 Å². The Balaban J connectivity index is 1.75. The van der Waals surface area contributed by atoms with E-state index < -0.39 is 0 Å². The van der Waals surface area contributed by atoms with Crippen molar-refractivity contribution in [2.45, 2.75) is 37.8 Å². The molecule has 0 unspecified atom stereocenters. The van der Waals surface area contributed by atoms with Crippen LogP contribution in [0.5, 0.6) is 0 Å². The number of hydrogen-bond donors (Lipinski definition) is 2. The van der Waals surface area contributed by atoms with Gasteiger partial charge in [-0.2, -0.15) is 5.10 Å². The molecule has 0 aliphatic carbocycles. The third kappa shape index (κ3) is 2.55. The lowest BCUT2D eigenvalue weighted by atomic mass is 10.0. The molecule has 0 fully saturated rings. The Morgan fingerprint density at radius 1 is 1.37 bits per heavy atom. The fourth-order valence-electron chi connectivity index (χ4n) is 2.61. The molecule has 19 heavy (non-hydrogen) atoms. The molecule has 3 nitrogen and oxygen atoms in total. The maximum absolute atomic E-state index is 4.26. The van der Waals surface area contributed by atoms with Gasteiger partial charge in [0.25, 0.3) is 0 Å². The Kier molecular flexibility index (Phi) is 3.62. The molecule has 0 bridgehead atoms. The Morgan fingerprint density at radius 3 is 3.00 bits per heavy atom. The number of aryl methyl sites for hydroxylation is 2. The highest BCUT2D eigenvalue weighted by Crippen LogP contribution is 2.35. The molecule has 2 N–H and O–H groups in total. The van der Waals surface area contributed by atoms with Crippen LogP contribution in [-0.4, -0.2) is 16.0 Å². The number of thioether (sulfide) groups is 1. The van der Waals surface area contributed by atoms with Gasteiger partial charge in [0.05, 0.1) is 5.69 Å². The molecule has 2 aromatic rings. The van der Waals surface area contributed by atoms with Crippen LogP contribution >= 0.6 is 11.8 Å². The molecule has 2 heterocycles. The minimum Gasteiger partial charge on any atom is -0.306 e. The van der Waals surface area contributed by atoms with Gasteiger partial charge >= 0.3 is 0 Å². The SMILES string of the molecule is Cc1n[nH]c(C)c1CN[C@H]1CCSc2ccccc21. The van der Waals surface area contributed by atoms with Gasteiger partial charge in [-0.05, 0) is 37.7 Å². The Labute approximate surface area is 118 Å². The van der Waals surface area contributed by atoms with E-state index in [0.29, 0.717) is 6.04 Å². The van der Waals surface area contributed by atoms with E-state index in [9.17, 15) is 0 Å². The fourth-order valence-corrected chi connectivity index (χ4v) is 3.74. The minimum absolute atomic E-state index is 0.464. The standard InChI is InChI=1S/C15H19N3S/c1-10-13(11(2)18-17-10)9-16-14-7-8-19-15-6-4-3-5-12(14)15/h3-6,14,16H,7-9H2,1-2H3,(H,17,18)/t14-/m0/s1. The lowest BCUT2D eigenvalue weighted by Crippen LogP contribution is -2.24. The van der Waals surface area contributed by atoms with E-state index in [0.717, 1.165) is 12.2 Å². The van der Waals surface area contributed by atoms with Gasteiger partial charge in [-0.15, -0.1) is 11.8 Å². The van der Waals surface area contributed by atoms with Crippen LogP contribution in [0, 0.1) is 13.8 Å². The van der Waals surface area contributed by atoms with Gasteiger partial charge in [-0.3, -0.25) is 5.10 Å². The van der Waals surface area contributed by atoms with Gasteiger partial charge < -0.3 is 5.32 Å². The van der Waals surface area contributed by atoms with Gasteiger partial charge in [-0.1, -0.05) is 18.2 Å². The molecule has 1 aliphatic rings. The van der Waals surface area contributed by atoms with E-state index in [-0.39, 0.29) is 0 Å². The van der Waals surface area contributed by atoms with E-state index in [2.05, 4.69) is 53.6 Å². The number of rotatable bonds is 3. The number of nitrogens with one attached hydrogen (secondary N) is 2. The van der Waals surface area contributed by atoms with Crippen LogP contribution in [0.2, 0.25) is 0 Å². The van der Waals surface area contributed by atoms with E-state index >= 15 is 0 Å². The third-order valence-corrected chi connectivity index (χ3v) is 4.89. The van der Waals surface area contributed by atoms with Gasteiger partial charge in [0.2, 0.25) is 0 Å². The van der Waals surface area contributed by atoms with Crippen LogP contribution in [0.3, 0.4) is 0 Å². The maximum Gasteiger partial charge on any atom is 0.0638 e. The van der Waals surface area contributed by atoms with Crippen molar-refractivity contribution in [3.05, 3.63) is 46.8 Å². The number of benzene rings is 1. The van der Waals surface area contributed by atoms with E-state index in [4.69, 9.17) is 0 Å². The fraction of sp³-hybridized carbons (Fsp3) is 0.400. The summed E-state index contributed by atoms with van der Waals surface area (Å²) in [5.74, 6) is 1.19. The van der Waals surface area contributed by atoms with Crippen LogP contribution < -0.4 is 5.32 Å². The summed E-state index contributed by atoms with van der Waals surface area (Å²) in [5.41, 5.74) is 5.01. The number of hydrogen-bond acceptors (Lipinski definition) is 3. The maximum atomic E-state index is 4.26. The topological polar surface area (TPSA) is 40.7 Å². The number of nitrogens with zero attached hydrogens (tertiary/aromatic N) is 1. The summed E-state index contributed by atoms with van der Waals surface area (Å²) >= 11 is 1.96. The van der Waals surface area contributed by atoms with Crippen LogP contribution in [0.4, 0.5) is 0 Å². The highest BCUT2D eigenvalue weighted by atomic mass is 32.2. The highest BCUT2D eigenvalue weighted by Gasteiger charge is 2.20. The summed E-state index contributed by atoms with van der Waals surface area (Å²) < 4.78 is 0. The lowest BCUT2D eigenvalue weighted by molar-refractivity contribution is 0.508. The van der Waals surface area contributed by atoms with E-state index in [1.807, 2.05) is 11.8 Å². The average molecular weight is 273 g/mol. The highest BCUT2D eigenvalue weighted by molar-refractivity contribution is 7.99. The summed E-state index contributed by atoms with van der Waals surface area (Å²) in [5, 5.41) is 11.0. The van der Waals surface area contributed by atoms with Crippen molar-refractivity contribution in [3.8, 4) is 0 Å². The first-order valence-electron chi connectivity index (χ1n) is 6.71. The molecule has 4 heteroatoms. The van der Waals surface area contributed by atoms with Gasteiger partial charge in [0.15, 0.2) is 0 Å². The summed E-state index contributed by atoms with van der Waals surface area (Å²) in [6.07, 6.45) is 1.19. The minimum atomic E-state index is 0.464. The van der Waals surface area contributed by atoms with Crippen molar-refractivity contribution in [2.24, 2.45) is 0 Å². The van der Waals surface area contributed by atoms with Crippen LogP contribution in [-0.2, 0) is 6.54 Å². The molecule has 1 atom stereocenters. The zero-order valence-corrected chi connectivity index (χ0v) is 12.2. The van der Waals surface area contributed by atoms with Crippen molar-refractivity contribution < 1.29 is 0 Å². The molecule has 1 aromatic carbocycles. The molecular formula is C15H19N3S. The average Bonchev–Trinajstić information content (AvgIpc) is 2.76. The van der Waals surface area contributed by atoms with Gasteiger partial charge in [-0.25, -0.2) is 0 Å². The van der Waals surface area contributed by atoms with Crippen LogP contribution in [0.25, 0.3) is 0 Å². The summed E-state index contributed by atoms with van der Waals surface area (Å²) in [6, 6.07) is 9.19. The molecule has 0 saturated carbocycles. The van der Waals surface area contributed by atoms with Crippen molar-refractivity contribution in [1.82, 2.24) is 15.5 Å². The Morgan fingerprint density at radius 2 is 2.21 bits per heavy atom. The van der Waals surface area contributed by atoms with Gasteiger partial charge in [0.1, 0.15) is 0 Å². The molecule has 0 amide bonds. The molecule has 0 saturated heterocycles. The van der Waals surface area contributed by atoms with Crippen molar-refractivity contribution in [2.75, 3.05) is 5.75 Å². The second kappa shape index (κ2) is 5.39. The molecule has 0 radical (unpaired) electrons. The first-order chi connectivity index (χ1) is 9.25. The molecule has 0 spiro atoms. The van der Waals surface area contributed by atoms with E-state index in [1.54, 1.807) is 0 Å². The molecule has 1 aliphatic heterocycles.